The van der Waals surface area contributed by atoms with Gasteiger partial charge in [-0.15, -0.1) is 0 Å². The lowest BCUT2D eigenvalue weighted by Gasteiger charge is -2.06. The van der Waals surface area contributed by atoms with Gasteiger partial charge in [0.15, 0.2) is 11.6 Å². The molecule has 0 saturated carbocycles. The Hall–Kier alpha value is -1.76. The van der Waals surface area contributed by atoms with E-state index >= 15 is 0 Å². The molecule has 0 aliphatic carbocycles. The summed E-state index contributed by atoms with van der Waals surface area (Å²) in [6.07, 6.45) is 0.416. The monoisotopic (exact) mass is 194 g/mol. The zero-order valence-electron chi connectivity index (χ0n) is 7.88. The predicted octanol–water partition coefficient (Wildman–Crippen LogP) is 2.16. The van der Waals surface area contributed by atoms with E-state index in [4.69, 9.17) is 10.00 Å². The van der Waals surface area contributed by atoms with Crippen molar-refractivity contribution in [3.8, 4) is 11.8 Å². The van der Waals surface area contributed by atoms with Crippen LogP contribution in [-0.4, -0.2) is 13.7 Å². The van der Waals surface area contributed by atoms with Gasteiger partial charge < -0.3 is 10.1 Å². The lowest BCUT2D eigenvalue weighted by atomic mass is 10.3. The molecule has 0 aromatic heterocycles. The summed E-state index contributed by atoms with van der Waals surface area (Å²) in [6.45, 7) is 0.547. The Bertz CT molecular complexity index is 346. The number of rotatable bonds is 4. The van der Waals surface area contributed by atoms with Gasteiger partial charge in [0, 0.05) is 18.3 Å². The molecular formula is C10H11FN2O. The molecule has 0 unspecified atom stereocenters. The van der Waals surface area contributed by atoms with E-state index < -0.39 is 5.82 Å². The average Bonchev–Trinajstić information content (AvgIpc) is 2.21. The number of benzene rings is 1. The molecule has 3 nitrogen and oxygen atoms in total. The standard InChI is InChI=1S/C10H11FN2O/c1-14-10-7-8(3-4-9(10)11)13-6-2-5-12/h3-4,7,13H,2,6H2,1H3. The number of hydrogen-bond donors (Lipinski definition) is 1. The molecule has 0 atom stereocenters. The number of nitrogens with one attached hydrogen (secondary N) is 1. The van der Waals surface area contributed by atoms with Crippen molar-refractivity contribution in [2.24, 2.45) is 0 Å². The van der Waals surface area contributed by atoms with Crippen molar-refractivity contribution in [3.05, 3.63) is 24.0 Å². The van der Waals surface area contributed by atoms with Gasteiger partial charge in [0.1, 0.15) is 0 Å². The SMILES string of the molecule is COc1cc(NCCC#N)ccc1F. The first kappa shape index (κ1) is 10.3. The number of halogens is 1. The molecule has 0 saturated heterocycles. The molecule has 4 heteroatoms. The molecule has 0 spiro atoms. The van der Waals surface area contributed by atoms with Gasteiger partial charge >= 0.3 is 0 Å². The summed E-state index contributed by atoms with van der Waals surface area (Å²) in [7, 11) is 1.41. The molecule has 0 aliphatic rings. The molecule has 0 fully saturated rings. The molecule has 0 aliphatic heterocycles. The summed E-state index contributed by atoms with van der Waals surface area (Å²) in [5.74, 6) is -0.190. The van der Waals surface area contributed by atoms with E-state index in [9.17, 15) is 4.39 Å². The molecule has 0 radical (unpaired) electrons. The highest BCUT2D eigenvalue weighted by molar-refractivity contribution is 5.48. The first-order valence-electron chi connectivity index (χ1n) is 4.22. The van der Waals surface area contributed by atoms with E-state index in [0.29, 0.717) is 13.0 Å². The molecule has 0 heterocycles. The van der Waals surface area contributed by atoms with Gasteiger partial charge in [-0.1, -0.05) is 0 Å². The first-order chi connectivity index (χ1) is 6.77. The number of nitrogens with zero attached hydrogens (tertiary/aromatic N) is 1. The zero-order chi connectivity index (χ0) is 10.4. The number of ether oxygens (including phenoxy) is 1. The third-order valence-electron chi connectivity index (χ3n) is 1.72. The lowest BCUT2D eigenvalue weighted by molar-refractivity contribution is 0.387. The Labute approximate surface area is 82.1 Å². The maximum Gasteiger partial charge on any atom is 0.165 e. The van der Waals surface area contributed by atoms with Crippen molar-refractivity contribution in [2.75, 3.05) is 19.0 Å². The van der Waals surface area contributed by atoms with Crippen molar-refractivity contribution in [1.29, 1.82) is 5.26 Å². The van der Waals surface area contributed by atoms with Crippen LogP contribution in [-0.2, 0) is 0 Å². The fourth-order valence-corrected chi connectivity index (χ4v) is 1.03. The summed E-state index contributed by atoms with van der Waals surface area (Å²) in [4.78, 5) is 0. The van der Waals surface area contributed by atoms with E-state index in [-0.39, 0.29) is 5.75 Å². The molecular weight excluding hydrogens is 183 g/mol. The van der Waals surface area contributed by atoms with Gasteiger partial charge in [0.25, 0.3) is 0 Å². The minimum absolute atomic E-state index is 0.201. The van der Waals surface area contributed by atoms with Crippen LogP contribution in [0.2, 0.25) is 0 Å². The fraction of sp³-hybridized carbons (Fsp3) is 0.300. The van der Waals surface area contributed by atoms with Crippen LogP contribution in [0.3, 0.4) is 0 Å². The molecule has 1 N–H and O–H groups in total. The maximum absolute atomic E-state index is 13.0. The maximum atomic E-state index is 13.0. The largest absolute Gasteiger partial charge is 0.494 e. The van der Waals surface area contributed by atoms with Crippen LogP contribution in [0.15, 0.2) is 18.2 Å². The molecule has 0 amide bonds. The van der Waals surface area contributed by atoms with E-state index in [1.807, 2.05) is 6.07 Å². The number of anilines is 1. The Balaban J connectivity index is 2.65. The van der Waals surface area contributed by atoms with E-state index in [1.54, 1.807) is 12.1 Å². The van der Waals surface area contributed by atoms with Crippen LogP contribution in [0.4, 0.5) is 10.1 Å². The van der Waals surface area contributed by atoms with Gasteiger partial charge in [0.2, 0.25) is 0 Å². The first-order valence-corrected chi connectivity index (χ1v) is 4.22. The van der Waals surface area contributed by atoms with E-state index in [2.05, 4.69) is 5.32 Å². The molecule has 1 aromatic rings. The van der Waals surface area contributed by atoms with Crippen LogP contribution in [0, 0.1) is 17.1 Å². The Morgan fingerprint density at radius 3 is 3.00 bits per heavy atom. The molecule has 1 aromatic carbocycles. The van der Waals surface area contributed by atoms with Crippen LogP contribution >= 0.6 is 0 Å². The van der Waals surface area contributed by atoms with Crippen LogP contribution in [0.25, 0.3) is 0 Å². The summed E-state index contributed by atoms with van der Waals surface area (Å²) >= 11 is 0. The normalized spacial score (nSPS) is 9.21. The molecule has 0 bridgehead atoms. The smallest absolute Gasteiger partial charge is 0.165 e. The van der Waals surface area contributed by atoms with Crippen molar-refractivity contribution >= 4 is 5.69 Å². The predicted molar refractivity (Wildman–Crippen MR) is 51.7 cm³/mol. The molecule has 74 valence electrons. The second-order valence-corrected chi connectivity index (χ2v) is 2.68. The molecule has 14 heavy (non-hydrogen) atoms. The van der Waals surface area contributed by atoms with Gasteiger partial charge in [-0.05, 0) is 12.1 Å². The van der Waals surface area contributed by atoms with Crippen molar-refractivity contribution in [1.82, 2.24) is 0 Å². The average molecular weight is 194 g/mol. The third-order valence-corrected chi connectivity index (χ3v) is 1.72. The van der Waals surface area contributed by atoms with Gasteiger partial charge in [0.05, 0.1) is 19.6 Å². The highest BCUT2D eigenvalue weighted by Gasteiger charge is 2.02. The quantitative estimate of drug-likeness (QED) is 0.747. The summed E-state index contributed by atoms with van der Waals surface area (Å²) in [6, 6.07) is 6.51. The fourth-order valence-electron chi connectivity index (χ4n) is 1.03. The number of methoxy groups -OCH3 is 1. The van der Waals surface area contributed by atoms with Gasteiger partial charge in [-0.25, -0.2) is 4.39 Å². The van der Waals surface area contributed by atoms with Gasteiger partial charge in [-0.2, -0.15) is 5.26 Å². The van der Waals surface area contributed by atoms with Crippen molar-refractivity contribution in [2.45, 2.75) is 6.42 Å². The van der Waals surface area contributed by atoms with E-state index in [1.165, 1.54) is 13.2 Å². The minimum Gasteiger partial charge on any atom is -0.494 e. The van der Waals surface area contributed by atoms with Crippen LogP contribution in [0.1, 0.15) is 6.42 Å². The zero-order valence-corrected chi connectivity index (χ0v) is 7.88. The molecule has 1 rings (SSSR count). The second-order valence-electron chi connectivity index (χ2n) is 2.68. The summed E-state index contributed by atoms with van der Waals surface area (Å²) in [5, 5.41) is 11.3. The highest BCUT2D eigenvalue weighted by Crippen LogP contribution is 2.21. The second kappa shape index (κ2) is 5.07. The lowest BCUT2D eigenvalue weighted by Crippen LogP contribution is -2.00. The Kier molecular flexibility index (Phi) is 3.74. The summed E-state index contributed by atoms with van der Waals surface area (Å²) < 4.78 is 17.8. The van der Waals surface area contributed by atoms with Crippen molar-refractivity contribution < 1.29 is 9.13 Å². The topological polar surface area (TPSA) is 45.0 Å². The Morgan fingerprint density at radius 2 is 2.36 bits per heavy atom. The summed E-state index contributed by atoms with van der Waals surface area (Å²) in [5.41, 5.74) is 0.749. The minimum atomic E-state index is -0.390. The van der Waals surface area contributed by atoms with Crippen LogP contribution < -0.4 is 10.1 Å². The van der Waals surface area contributed by atoms with Crippen LogP contribution in [0.5, 0.6) is 5.75 Å². The van der Waals surface area contributed by atoms with E-state index in [0.717, 1.165) is 5.69 Å². The number of hydrogen-bond acceptors (Lipinski definition) is 3. The Morgan fingerprint density at radius 1 is 1.57 bits per heavy atom. The van der Waals surface area contributed by atoms with Crippen molar-refractivity contribution in [3.63, 3.8) is 0 Å². The van der Waals surface area contributed by atoms with Gasteiger partial charge in [-0.3, -0.25) is 0 Å². The highest BCUT2D eigenvalue weighted by atomic mass is 19.1. The third kappa shape index (κ3) is 2.63. The number of nitriles is 1.